The summed E-state index contributed by atoms with van der Waals surface area (Å²) < 4.78 is 14.2. The molecule has 2 aliphatic rings. The molecule has 1 aromatic rings. The number of hydrogen-bond donors (Lipinski definition) is 1. The van der Waals surface area contributed by atoms with E-state index in [1.807, 2.05) is 12.1 Å². The lowest BCUT2D eigenvalue weighted by molar-refractivity contribution is 0.305. The van der Waals surface area contributed by atoms with E-state index in [1.165, 1.54) is 25.7 Å². The fourth-order valence-corrected chi connectivity index (χ4v) is 3.48. The lowest BCUT2D eigenvalue weighted by Crippen LogP contribution is -2.41. The van der Waals surface area contributed by atoms with Gasteiger partial charge in [0.1, 0.15) is 5.82 Å². The van der Waals surface area contributed by atoms with Crippen LogP contribution >= 0.6 is 0 Å². The van der Waals surface area contributed by atoms with Crippen LogP contribution in [0.5, 0.6) is 0 Å². The maximum Gasteiger partial charge on any atom is 0.127 e. The largest absolute Gasteiger partial charge is 0.313 e. The molecule has 0 bridgehead atoms. The van der Waals surface area contributed by atoms with Gasteiger partial charge in [-0.3, -0.25) is 0 Å². The Morgan fingerprint density at radius 2 is 2.06 bits per heavy atom. The van der Waals surface area contributed by atoms with Gasteiger partial charge < -0.3 is 5.32 Å². The Morgan fingerprint density at radius 3 is 2.67 bits per heavy atom. The van der Waals surface area contributed by atoms with Crippen LogP contribution in [-0.2, 0) is 5.41 Å². The molecule has 3 rings (SSSR count). The van der Waals surface area contributed by atoms with Gasteiger partial charge in [0.05, 0.1) is 0 Å². The number of rotatable bonds is 4. The van der Waals surface area contributed by atoms with Crippen LogP contribution in [0.15, 0.2) is 24.3 Å². The van der Waals surface area contributed by atoms with Crippen molar-refractivity contribution in [2.24, 2.45) is 5.92 Å². The molecule has 2 unspecified atom stereocenters. The third kappa shape index (κ3) is 2.07. The van der Waals surface area contributed by atoms with Crippen LogP contribution in [0.2, 0.25) is 0 Å². The summed E-state index contributed by atoms with van der Waals surface area (Å²) in [5.41, 5.74) is 0.955. The van der Waals surface area contributed by atoms with Crippen LogP contribution in [0.3, 0.4) is 0 Å². The van der Waals surface area contributed by atoms with Crippen molar-refractivity contribution in [1.82, 2.24) is 5.32 Å². The molecule has 2 aliphatic carbocycles. The van der Waals surface area contributed by atoms with Crippen molar-refractivity contribution in [3.63, 3.8) is 0 Å². The van der Waals surface area contributed by atoms with Gasteiger partial charge in [-0.05, 0) is 43.2 Å². The normalized spacial score (nSPS) is 31.8. The minimum Gasteiger partial charge on any atom is -0.313 e. The van der Waals surface area contributed by atoms with Crippen molar-refractivity contribution in [3.05, 3.63) is 35.6 Å². The highest BCUT2D eigenvalue weighted by Crippen LogP contribution is 2.46. The van der Waals surface area contributed by atoms with Gasteiger partial charge in [-0.2, -0.15) is 0 Å². The molecule has 1 nitrogen and oxygen atoms in total. The Balaban J connectivity index is 1.90. The molecular weight excluding hydrogens is 225 g/mol. The van der Waals surface area contributed by atoms with E-state index in [-0.39, 0.29) is 11.2 Å². The lowest BCUT2D eigenvalue weighted by atomic mass is 9.72. The number of benzene rings is 1. The molecule has 0 saturated heterocycles. The summed E-state index contributed by atoms with van der Waals surface area (Å²) in [5.74, 6) is 0.546. The second-order valence-corrected chi connectivity index (χ2v) is 6.08. The fourth-order valence-electron chi connectivity index (χ4n) is 3.48. The average molecular weight is 247 g/mol. The van der Waals surface area contributed by atoms with Gasteiger partial charge in [-0.15, -0.1) is 0 Å². The van der Waals surface area contributed by atoms with E-state index in [2.05, 4.69) is 12.2 Å². The van der Waals surface area contributed by atoms with Crippen LogP contribution in [0.1, 0.15) is 44.6 Å². The Kier molecular flexibility index (Phi) is 3.14. The van der Waals surface area contributed by atoms with E-state index in [0.717, 1.165) is 18.5 Å². The molecule has 1 N–H and O–H groups in total. The smallest absolute Gasteiger partial charge is 0.127 e. The summed E-state index contributed by atoms with van der Waals surface area (Å²) >= 11 is 0. The van der Waals surface area contributed by atoms with Crippen LogP contribution in [0.4, 0.5) is 4.39 Å². The van der Waals surface area contributed by atoms with Crippen LogP contribution in [-0.4, -0.2) is 12.6 Å². The molecule has 0 radical (unpaired) electrons. The molecule has 0 amide bonds. The molecule has 2 atom stereocenters. The first-order chi connectivity index (χ1) is 8.72. The van der Waals surface area contributed by atoms with Gasteiger partial charge in [-0.1, -0.05) is 31.5 Å². The van der Waals surface area contributed by atoms with Crippen molar-refractivity contribution < 1.29 is 4.39 Å². The van der Waals surface area contributed by atoms with E-state index in [4.69, 9.17) is 0 Å². The highest BCUT2D eigenvalue weighted by atomic mass is 19.1. The molecule has 2 fully saturated rings. The van der Waals surface area contributed by atoms with Crippen molar-refractivity contribution >= 4 is 0 Å². The molecule has 0 heterocycles. The number of halogens is 1. The Bertz CT molecular complexity index is 427. The van der Waals surface area contributed by atoms with E-state index in [0.29, 0.717) is 12.0 Å². The molecule has 0 aliphatic heterocycles. The van der Waals surface area contributed by atoms with Gasteiger partial charge in [-0.25, -0.2) is 4.39 Å². The molecule has 2 heteroatoms. The summed E-state index contributed by atoms with van der Waals surface area (Å²) in [4.78, 5) is 0. The van der Waals surface area contributed by atoms with Crippen molar-refractivity contribution in [1.29, 1.82) is 0 Å². The average Bonchev–Trinajstić information content (AvgIpc) is 3.12. The SMILES string of the molecule is CC1CCCC1(CNC1CC1)c1ccccc1F. The molecule has 1 aromatic carbocycles. The van der Waals surface area contributed by atoms with Gasteiger partial charge >= 0.3 is 0 Å². The summed E-state index contributed by atoms with van der Waals surface area (Å²) in [6.07, 6.45) is 6.15. The molecule has 2 saturated carbocycles. The number of nitrogens with one attached hydrogen (secondary N) is 1. The number of hydrogen-bond acceptors (Lipinski definition) is 1. The topological polar surface area (TPSA) is 12.0 Å². The first-order valence-corrected chi connectivity index (χ1v) is 7.21. The molecule has 98 valence electrons. The quantitative estimate of drug-likeness (QED) is 0.856. The van der Waals surface area contributed by atoms with Crippen molar-refractivity contribution in [2.75, 3.05) is 6.54 Å². The predicted octanol–water partition coefficient (Wildman–Crippen LogP) is 3.64. The minimum absolute atomic E-state index is 0.0218. The molecule has 0 aromatic heterocycles. The van der Waals surface area contributed by atoms with Gasteiger partial charge in [0.15, 0.2) is 0 Å². The Hall–Kier alpha value is -0.890. The molecule has 0 spiro atoms. The van der Waals surface area contributed by atoms with Crippen molar-refractivity contribution in [3.8, 4) is 0 Å². The molecular formula is C16H22FN. The summed E-state index contributed by atoms with van der Waals surface area (Å²) in [6.45, 7) is 3.23. The summed E-state index contributed by atoms with van der Waals surface area (Å²) in [7, 11) is 0. The van der Waals surface area contributed by atoms with Crippen LogP contribution in [0, 0.1) is 11.7 Å². The maximum absolute atomic E-state index is 14.2. The third-order valence-electron chi connectivity index (χ3n) is 4.90. The third-order valence-corrected chi connectivity index (χ3v) is 4.90. The zero-order chi connectivity index (χ0) is 12.6. The molecule has 18 heavy (non-hydrogen) atoms. The van der Waals surface area contributed by atoms with Gasteiger partial charge in [0.25, 0.3) is 0 Å². The Morgan fingerprint density at radius 1 is 1.28 bits per heavy atom. The Labute approximate surface area is 109 Å². The lowest BCUT2D eigenvalue weighted by Gasteiger charge is -2.35. The highest BCUT2D eigenvalue weighted by Gasteiger charge is 2.43. The summed E-state index contributed by atoms with van der Waals surface area (Å²) in [6, 6.07) is 8.06. The zero-order valence-electron chi connectivity index (χ0n) is 11.1. The zero-order valence-corrected chi connectivity index (χ0v) is 11.1. The fraction of sp³-hybridized carbons (Fsp3) is 0.625. The van der Waals surface area contributed by atoms with E-state index >= 15 is 0 Å². The minimum atomic E-state index is -0.0242. The van der Waals surface area contributed by atoms with E-state index in [1.54, 1.807) is 12.1 Å². The van der Waals surface area contributed by atoms with E-state index < -0.39 is 0 Å². The van der Waals surface area contributed by atoms with Crippen LogP contribution < -0.4 is 5.32 Å². The first-order valence-electron chi connectivity index (χ1n) is 7.21. The predicted molar refractivity (Wildman–Crippen MR) is 72.1 cm³/mol. The van der Waals surface area contributed by atoms with Gasteiger partial charge in [0.2, 0.25) is 0 Å². The summed E-state index contributed by atoms with van der Waals surface area (Å²) in [5, 5.41) is 3.63. The van der Waals surface area contributed by atoms with Crippen molar-refractivity contribution in [2.45, 2.75) is 50.5 Å². The van der Waals surface area contributed by atoms with E-state index in [9.17, 15) is 4.39 Å². The highest BCUT2D eigenvalue weighted by molar-refractivity contribution is 5.30. The standard InChI is InChI=1S/C16H22FN/c1-12-5-4-10-16(12,11-18-13-8-9-13)14-6-2-3-7-15(14)17/h2-3,6-7,12-13,18H,4-5,8-11H2,1H3. The second-order valence-electron chi connectivity index (χ2n) is 6.08. The second kappa shape index (κ2) is 4.65. The monoisotopic (exact) mass is 247 g/mol. The van der Waals surface area contributed by atoms with Gasteiger partial charge in [0, 0.05) is 18.0 Å². The first kappa shape index (κ1) is 12.2. The van der Waals surface area contributed by atoms with Crippen LogP contribution in [0.25, 0.3) is 0 Å². The maximum atomic E-state index is 14.2.